The third-order valence-corrected chi connectivity index (χ3v) is 4.96. The van der Waals surface area contributed by atoms with Crippen LogP contribution in [0.15, 0.2) is 60.0 Å². The molecule has 0 saturated carbocycles. The summed E-state index contributed by atoms with van der Waals surface area (Å²) in [6.07, 6.45) is 7.51. The monoisotopic (exact) mass is 367 g/mol. The maximum absolute atomic E-state index is 5.57. The van der Waals surface area contributed by atoms with Crippen LogP contribution in [-0.4, -0.2) is 53.9 Å². The molecule has 0 radical (unpaired) electrons. The highest BCUT2D eigenvalue weighted by Gasteiger charge is 2.19. The lowest BCUT2D eigenvalue weighted by molar-refractivity contribution is 0.227. The first-order valence-corrected chi connectivity index (χ1v) is 9.26. The van der Waals surface area contributed by atoms with Crippen LogP contribution in [-0.2, 0) is 0 Å². The van der Waals surface area contributed by atoms with Gasteiger partial charge in [0.25, 0.3) is 0 Å². The number of rotatable bonds is 4. The first-order valence-electron chi connectivity index (χ1n) is 8.85. The second-order valence-corrected chi connectivity index (χ2v) is 6.59. The fourth-order valence-electron chi connectivity index (χ4n) is 3.09. The SMILES string of the molecule is C=C(/C=C\N=CC)N1CCN(C(=S)N/C=C2/CNc3ccccc32)CC1. The zero-order valence-corrected chi connectivity index (χ0v) is 15.9. The molecule has 2 heterocycles. The van der Waals surface area contributed by atoms with Crippen LogP contribution in [0.2, 0.25) is 0 Å². The minimum atomic E-state index is 0.776. The Morgan fingerprint density at radius 1 is 1.23 bits per heavy atom. The van der Waals surface area contributed by atoms with Crippen LogP contribution < -0.4 is 10.6 Å². The Balaban J connectivity index is 1.50. The molecular weight excluding hydrogens is 342 g/mol. The van der Waals surface area contributed by atoms with E-state index in [-0.39, 0.29) is 0 Å². The average Bonchev–Trinajstić information content (AvgIpc) is 3.09. The van der Waals surface area contributed by atoms with Crippen molar-refractivity contribution >= 4 is 34.8 Å². The van der Waals surface area contributed by atoms with Crippen LogP contribution in [0.5, 0.6) is 0 Å². The summed E-state index contributed by atoms with van der Waals surface area (Å²) in [5.74, 6) is 0. The molecule has 5 nitrogen and oxygen atoms in total. The van der Waals surface area contributed by atoms with Gasteiger partial charge in [-0.15, -0.1) is 0 Å². The summed E-state index contributed by atoms with van der Waals surface area (Å²) in [7, 11) is 0. The molecule has 1 saturated heterocycles. The Hall–Kier alpha value is -2.60. The summed E-state index contributed by atoms with van der Waals surface area (Å²) in [5, 5.41) is 7.47. The van der Waals surface area contributed by atoms with Gasteiger partial charge in [0.1, 0.15) is 0 Å². The fourth-order valence-corrected chi connectivity index (χ4v) is 3.33. The topological polar surface area (TPSA) is 42.9 Å². The minimum Gasteiger partial charge on any atom is -0.380 e. The zero-order chi connectivity index (χ0) is 18.4. The number of nitrogens with one attached hydrogen (secondary N) is 2. The minimum absolute atomic E-state index is 0.776. The molecule has 2 N–H and O–H groups in total. The number of aliphatic imine (C=N–C) groups is 1. The number of nitrogens with zero attached hydrogens (tertiary/aromatic N) is 3. The first-order chi connectivity index (χ1) is 12.7. The van der Waals surface area contributed by atoms with E-state index in [4.69, 9.17) is 12.2 Å². The Morgan fingerprint density at radius 3 is 2.73 bits per heavy atom. The summed E-state index contributed by atoms with van der Waals surface area (Å²) in [5.41, 5.74) is 4.64. The summed E-state index contributed by atoms with van der Waals surface area (Å²) in [6.45, 7) is 10.4. The number of piperazine rings is 1. The second kappa shape index (κ2) is 8.67. The van der Waals surface area contributed by atoms with E-state index in [1.54, 1.807) is 12.4 Å². The summed E-state index contributed by atoms with van der Waals surface area (Å²) in [4.78, 5) is 8.55. The molecule has 0 spiro atoms. The Bertz CT molecular complexity index is 757. The molecule has 1 fully saturated rings. The molecule has 0 atom stereocenters. The molecule has 2 aliphatic rings. The molecule has 1 aromatic rings. The number of hydrogen-bond acceptors (Lipinski definition) is 4. The summed E-state index contributed by atoms with van der Waals surface area (Å²) >= 11 is 5.57. The number of anilines is 1. The van der Waals surface area contributed by atoms with Gasteiger partial charge in [0, 0.05) is 68.3 Å². The third kappa shape index (κ3) is 4.32. The van der Waals surface area contributed by atoms with Crippen molar-refractivity contribution in [3.63, 3.8) is 0 Å². The molecule has 26 heavy (non-hydrogen) atoms. The molecule has 136 valence electrons. The van der Waals surface area contributed by atoms with E-state index >= 15 is 0 Å². The second-order valence-electron chi connectivity index (χ2n) is 6.21. The molecule has 6 heteroatoms. The standard InChI is InChI=1S/C20H25N5S/c1-3-21-9-8-16(2)24-10-12-25(13-11-24)20(26)23-15-17-14-22-19-7-5-4-6-18(17)19/h3-9,15,22H,2,10-14H2,1H3,(H,23,26)/b9-8-,17-15-,21-3?. The number of benzene rings is 1. The molecule has 1 aromatic carbocycles. The Morgan fingerprint density at radius 2 is 1.96 bits per heavy atom. The predicted molar refractivity (Wildman–Crippen MR) is 114 cm³/mol. The number of thiocarbonyl (C=S) groups is 1. The third-order valence-electron chi connectivity index (χ3n) is 4.59. The lowest BCUT2D eigenvalue weighted by Crippen LogP contribution is -2.50. The quantitative estimate of drug-likeness (QED) is 0.486. The largest absolute Gasteiger partial charge is 0.380 e. The number of para-hydroxylation sites is 1. The van der Waals surface area contributed by atoms with Crippen LogP contribution >= 0.6 is 12.2 Å². The van der Waals surface area contributed by atoms with Crippen molar-refractivity contribution in [1.82, 2.24) is 15.1 Å². The van der Waals surface area contributed by atoms with Crippen molar-refractivity contribution in [2.45, 2.75) is 6.92 Å². The molecule has 0 unspecified atom stereocenters. The smallest absolute Gasteiger partial charge is 0.173 e. The van der Waals surface area contributed by atoms with Crippen molar-refractivity contribution in [3.8, 4) is 0 Å². The molecular formula is C20H25N5S. The van der Waals surface area contributed by atoms with Gasteiger partial charge in [0.05, 0.1) is 0 Å². The average molecular weight is 368 g/mol. The van der Waals surface area contributed by atoms with Crippen molar-refractivity contribution in [3.05, 3.63) is 60.6 Å². The Kier molecular flexibility index (Phi) is 6.07. The van der Waals surface area contributed by atoms with Crippen LogP contribution in [0.4, 0.5) is 5.69 Å². The maximum Gasteiger partial charge on any atom is 0.173 e. The van der Waals surface area contributed by atoms with E-state index in [0.717, 1.165) is 43.5 Å². The van der Waals surface area contributed by atoms with E-state index in [0.29, 0.717) is 0 Å². The summed E-state index contributed by atoms with van der Waals surface area (Å²) < 4.78 is 0. The predicted octanol–water partition coefficient (Wildman–Crippen LogP) is 3.06. The number of allylic oxidation sites excluding steroid dienone is 1. The summed E-state index contributed by atoms with van der Waals surface area (Å²) in [6, 6.07) is 8.33. The molecule has 0 amide bonds. The van der Waals surface area contributed by atoms with Gasteiger partial charge in [0.15, 0.2) is 5.11 Å². The van der Waals surface area contributed by atoms with E-state index in [1.807, 2.05) is 25.3 Å². The molecule has 0 bridgehead atoms. The normalized spacial score (nSPS) is 18.4. The van der Waals surface area contributed by atoms with Gasteiger partial charge in [0.2, 0.25) is 0 Å². The van der Waals surface area contributed by atoms with E-state index in [9.17, 15) is 0 Å². The van der Waals surface area contributed by atoms with Gasteiger partial charge >= 0.3 is 0 Å². The zero-order valence-electron chi connectivity index (χ0n) is 15.1. The lowest BCUT2D eigenvalue weighted by atomic mass is 10.1. The van der Waals surface area contributed by atoms with Crippen LogP contribution in [0, 0.1) is 0 Å². The number of fused-ring (bicyclic) bond motifs is 1. The fraction of sp³-hybridized carbons (Fsp3) is 0.300. The van der Waals surface area contributed by atoms with Gasteiger partial charge in [-0.05, 0) is 36.9 Å². The number of hydrogen-bond donors (Lipinski definition) is 2. The van der Waals surface area contributed by atoms with Crippen molar-refractivity contribution in [2.75, 3.05) is 38.0 Å². The van der Waals surface area contributed by atoms with E-state index < -0.39 is 0 Å². The highest BCUT2D eigenvalue weighted by atomic mass is 32.1. The molecule has 3 rings (SSSR count). The van der Waals surface area contributed by atoms with Crippen molar-refractivity contribution < 1.29 is 0 Å². The molecule has 0 aromatic heterocycles. The van der Waals surface area contributed by atoms with Gasteiger partial charge in [-0.3, -0.25) is 4.99 Å². The highest BCUT2D eigenvalue weighted by Crippen LogP contribution is 2.29. The van der Waals surface area contributed by atoms with Crippen LogP contribution in [0.25, 0.3) is 5.57 Å². The first kappa shape index (κ1) is 18.2. The van der Waals surface area contributed by atoms with Gasteiger partial charge in [-0.2, -0.15) is 0 Å². The Labute approximate surface area is 160 Å². The van der Waals surface area contributed by atoms with Crippen LogP contribution in [0.3, 0.4) is 0 Å². The highest BCUT2D eigenvalue weighted by molar-refractivity contribution is 7.80. The van der Waals surface area contributed by atoms with Crippen molar-refractivity contribution in [2.24, 2.45) is 4.99 Å². The van der Waals surface area contributed by atoms with Gasteiger partial charge in [-0.25, -0.2) is 0 Å². The van der Waals surface area contributed by atoms with Crippen molar-refractivity contribution in [1.29, 1.82) is 0 Å². The van der Waals surface area contributed by atoms with Gasteiger partial charge in [-0.1, -0.05) is 24.8 Å². The maximum atomic E-state index is 5.57. The van der Waals surface area contributed by atoms with E-state index in [1.165, 1.54) is 16.8 Å². The van der Waals surface area contributed by atoms with Crippen LogP contribution in [0.1, 0.15) is 12.5 Å². The lowest BCUT2D eigenvalue weighted by Gasteiger charge is -2.37. The van der Waals surface area contributed by atoms with E-state index in [2.05, 4.69) is 50.2 Å². The molecule has 2 aliphatic heterocycles. The van der Waals surface area contributed by atoms with Gasteiger partial charge < -0.3 is 20.4 Å². The molecule has 0 aliphatic carbocycles.